The average molecular weight is 509 g/mol. The van der Waals surface area contributed by atoms with E-state index in [0.29, 0.717) is 0 Å². The van der Waals surface area contributed by atoms with Gasteiger partial charge in [-0.3, -0.25) is 0 Å². The monoisotopic (exact) mass is 508 g/mol. The van der Waals surface area contributed by atoms with Gasteiger partial charge in [0.25, 0.3) is 0 Å². The Morgan fingerprint density at radius 2 is 0.848 bits per heavy atom. The SMILES string of the molecule is [Cl-].[Cl-].[Ti+4].c1ccc(-c2cc3c([cH-]2)CCCC3)cc1.c1ccc(-c2cc3c([cH-]2)CCCC3)cc1. The van der Waals surface area contributed by atoms with E-state index in [1.165, 1.54) is 73.6 Å². The molecule has 4 aromatic rings. The smallest absolute Gasteiger partial charge is 1.00 e. The van der Waals surface area contributed by atoms with Gasteiger partial charge < -0.3 is 24.8 Å². The van der Waals surface area contributed by atoms with E-state index in [-0.39, 0.29) is 46.5 Å². The molecule has 0 aromatic heterocycles. The standard InChI is InChI=1S/2C15H15.2ClH.Ti/c2*1-2-6-12(7-3-1)15-10-13-8-4-5-9-14(13)11-15;;;/h2*1-3,6-7,10-11H,4-5,8-9H2;2*1H;/q2*-1;;;+4/p-2. The van der Waals surface area contributed by atoms with Gasteiger partial charge in [-0.1, -0.05) is 99.2 Å². The van der Waals surface area contributed by atoms with Gasteiger partial charge in [-0.2, -0.15) is 23.3 Å². The van der Waals surface area contributed by atoms with Gasteiger partial charge in [0.05, 0.1) is 0 Å². The third-order valence-electron chi connectivity index (χ3n) is 6.64. The maximum absolute atomic E-state index is 2.38. The van der Waals surface area contributed by atoms with Crippen LogP contribution >= 0.6 is 0 Å². The molecule has 0 bridgehead atoms. The van der Waals surface area contributed by atoms with Crippen LogP contribution < -0.4 is 24.8 Å². The molecule has 3 heteroatoms. The van der Waals surface area contributed by atoms with Crippen LogP contribution in [0.25, 0.3) is 22.3 Å². The predicted octanol–water partition coefficient (Wildman–Crippen LogP) is 1.91. The molecule has 6 rings (SSSR count). The van der Waals surface area contributed by atoms with E-state index in [1.54, 1.807) is 22.3 Å². The van der Waals surface area contributed by atoms with Crippen LogP contribution in [0.5, 0.6) is 0 Å². The second-order valence-electron chi connectivity index (χ2n) is 8.74. The van der Waals surface area contributed by atoms with Crippen LogP contribution in [0.2, 0.25) is 0 Å². The van der Waals surface area contributed by atoms with Crippen molar-refractivity contribution in [3.8, 4) is 22.3 Å². The van der Waals surface area contributed by atoms with Crippen molar-refractivity contribution in [2.24, 2.45) is 0 Å². The van der Waals surface area contributed by atoms with Gasteiger partial charge in [-0.05, 0) is 12.8 Å². The molecule has 2 aliphatic carbocycles. The molecule has 0 aliphatic heterocycles. The number of halogens is 2. The molecule has 0 atom stereocenters. The van der Waals surface area contributed by atoms with E-state index in [4.69, 9.17) is 0 Å². The van der Waals surface area contributed by atoms with Crippen molar-refractivity contribution >= 4 is 0 Å². The first-order valence-corrected chi connectivity index (χ1v) is 11.5. The zero-order chi connectivity index (χ0) is 20.2. The van der Waals surface area contributed by atoms with Crippen LogP contribution in [-0.2, 0) is 47.4 Å². The Morgan fingerprint density at radius 1 is 0.485 bits per heavy atom. The molecule has 4 aromatic carbocycles. The molecule has 0 fully saturated rings. The summed E-state index contributed by atoms with van der Waals surface area (Å²) in [6.45, 7) is 0. The predicted molar refractivity (Wildman–Crippen MR) is 128 cm³/mol. The third kappa shape index (κ3) is 6.74. The van der Waals surface area contributed by atoms with E-state index in [1.807, 2.05) is 0 Å². The molecule has 0 heterocycles. The normalized spacial score (nSPS) is 13.6. The Hall–Kier alpha value is -1.57. The Bertz CT molecular complexity index is 956. The van der Waals surface area contributed by atoms with Gasteiger partial charge in [-0.25, -0.2) is 0 Å². The van der Waals surface area contributed by atoms with Crippen molar-refractivity contribution in [2.45, 2.75) is 51.4 Å². The van der Waals surface area contributed by atoms with E-state index < -0.39 is 0 Å². The maximum Gasteiger partial charge on any atom is 4.00 e. The Balaban J connectivity index is 0.000000214. The molecule has 0 radical (unpaired) electrons. The number of hydrogen-bond donors (Lipinski definition) is 0. The first kappa shape index (κ1) is 27.7. The van der Waals surface area contributed by atoms with Gasteiger partial charge in [0.2, 0.25) is 0 Å². The number of fused-ring (bicyclic) bond motifs is 2. The topological polar surface area (TPSA) is 0 Å². The first-order chi connectivity index (χ1) is 14.9. The Kier molecular flexibility index (Phi) is 11.2. The number of rotatable bonds is 2. The fourth-order valence-corrected chi connectivity index (χ4v) is 4.99. The van der Waals surface area contributed by atoms with Gasteiger partial charge in [0.1, 0.15) is 0 Å². The van der Waals surface area contributed by atoms with Crippen LogP contribution in [0.4, 0.5) is 0 Å². The van der Waals surface area contributed by atoms with Crippen molar-refractivity contribution in [1.29, 1.82) is 0 Å². The van der Waals surface area contributed by atoms with Crippen molar-refractivity contribution in [2.75, 3.05) is 0 Å². The minimum Gasteiger partial charge on any atom is -1.00 e. The van der Waals surface area contributed by atoms with Crippen molar-refractivity contribution in [3.63, 3.8) is 0 Å². The minimum atomic E-state index is 0. The van der Waals surface area contributed by atoms with E-state index in [9.17, 15) is 0 Å². The summed E-state index contributed by atoms with van der Waals surface area (Å²) in [4.78, 5) is 0. The molecule has 0 amide bonds. The summed E-state index contributed by atoms with van der Waals surface area (Å²) in [6, 6.07) is 30.9. The largest absolute Gasteiger partial charge is 4.00 e. The zero-order valence-electron chi connectivity index (χ0n) is 19.0. The fraction of sp³-hybridized carbons (Fsp3) is 0.267. The second-order valence-corrected chi connectivity index (χ2v) is 8.74. The van der Waals surface area contributed by atoms with Crippen molar-refractivity contribution < 1.29 is 46.5 Å². The van der Waals surface area contributed by atoms with E-state index in [0.717, 1.165) is 0 Å². The van der Waals surface area contributed by atoms with Crippen LogP contribution in [0.15, 0.2) is 84.9 Å². The summed E-state index contributed by atoms with van der Waals surface area (Å²) in [6.07, 6.45) is 10.6. The van der Waals surface area contributed by atoms with Gasteiger partial charge in [0, 0.05) is 0 Å². The molecule has 0 unspecified atom stereocenters. The molecular weight excluding hydrogens is 479 g/mol. The van der Waals surface area contributed by atoms with Crippen LogP contribution in [-0.4, -0.2) is 0 Å². The van der Waals surface area contributed by atoms with Crippen molar-refractivity contribution in [1.82, 2.24) is 0 Å². The molecule has 33 heavy (non-hydrogen) atoms. The maximum atomic E-state index is 2.38. The Labute approximate surface area is 226 Å². The fourth-order valence-electron chi connectivity index (χ4n) is 4.99. The van der Waals surface area contributed by atoms with Crippen LogP contribution in [0.1, 0.15) is 47.9 Å². The number of aryl methyl sites for hydroxylation is 4. The summed E-state index contributed by atoms with van der Waals surface area (Å²) < 4.78 is 0. The molecule has 0 nitrogen and oxygen atoms in total. The van der Waals surface area contributed by atoms with Crippen LogP contribution in [0, 0.1) is 0 Å². The summed E-state index contributed by atoms with van der Waals surface area (Å²) in [5.41, 5.74) is 11.9. The van der Waals surface area contributed by atoms with Gasteiger partial charge in [-0.15, -0.1) is 45.5 Å². The molecule has 168 valence electrons. The minimum absolute atomic E-state index is 0. The summed E-state index contributed by atoms with van der Waals surface area (Å²) >= 11 is 0. The van der Waals surface area contributed by atoms with E-state index >= 15 is 0 Å². The quantitative estimate of drug-likeness (QED) is 0.286. The zero-order valence-corrected chi connectivity index (χ0v) is 22.1. The summed E-state index contributed by atoms with van der Waals surface area (Å²) in [5, 5.41) is 0. The van der Waals surface area contributed by atoms with Crippen molar-refractivity contribution in [3.05, 3.63) is 107 Å². The molecule has 0 saturated carbocycles. The molecule has 2 aliphatic rings. The van der Waals surface area contributed by atoms with E-state index in [2.05, 4.69) is 84.9 Å². The summed E-state index contributed by atoms with van der Waals surface area (Å²) in [7, 11) is 0. The Morgan fingerprint density at radius 3 is 1.21 bits per heavy atom. The second kappa shape index (κ2) is 13.4. The number of benzene rings is 2. The molecule has 0 saturated heterocycles. The van der Waals surface area contributed by atoms with Gasteiger partial charge >= 0.3 is 21.7 Å². The van der Waals surface area contributed by atoms with Gasteiger partial charge in [0.15, 0.2) is 0 Å². The first-order valence-electron chi connectivity index (χ1n) is 11.5. The molecule has 0 spiro atoms. The average Bonchev–Trinajstić information content (AvgIpc) is 3.45. The van der Waals surface area contributed by atoms with Crippen LogP contribution in [0.3, 0.4) is 0 Å². The third-order valence-corrected chi connectivity index (χ3v) is 6.64. The molecule has 0 N–H and O–H groups in total. The number of hydrogen-bond acceptors (Lipinski definition) is 0. The summed E-state index contributed by atoms with van der Waals surface area (Å²) in [5.74, 6) is 0. The molecular formula is C30H30Cl2Ti.